The molecule has 0 aliphatic heterocycles. The number of aromatic nitrogens is 4. The number of imidazole rings is 2. The van der Waals surface area contributed by atoms with Gasteiger partial charge in [-0.15, -0.1) is 0 Å². The van der Waals surface area contributed by atoms with Crippen LogP contribution in [0.5, 0.6) is 0 Å². The molecule has 4 nitrogen and oxygen atoms in total. The lowest BCUT2D eigenvalue weighted by atomic mass is 9.98. The zero-order valence-electron chi connectivity index (χ0n) is 14.0. The van der Waals surface area contributed by atoms with Crippen molar-refractivity contribution in [1.29, 1.82) is 0 Å². The number of hydrogen-bond donors (Lipinski definition) is 2. The maximum absolute atomic E-state index is 4.10. The number of fused-ring (bicyclic) bond motifs is 1. The average molecular weight is 336 g/mol. The van der Waals surface area contributed by atoms with Crippen LogP contribution in [0, 0.1) is 0 Å². The van der Waals surface area contributed by atoms with Crippen molar-refractivity contribution in [2.24, 2.45) is 0 Å². The van der Waals surface area contributed by atoms with E-state index in [-0.39, 0.29) is 0 Å². The van der Waals surface area contributed by atoms with E-state index in [0.29, 0.717) is 0 Å². The van der Waals surface area contributed by atoms with E-state index in [9.17, 15) is 0 Å². The molecule has 4 heteroatoms. The number of nitrogens with one attached hydrogen (secondary N) is 2. The Balaban J connectivity index is 1.50. The first-order valence-electron chi connectivity index (χ1n) is 8.48. The van der Waals surface area contributed by atoms with Gasteiger partial charge >= 0.3 is 0 Å². The summed E-state index contributed by atoms with van der Waals surface area (Å²) >= 11 is 0. The first kappa shape index (κ1) is 14.7. The predicted molar refractivity (Wildman–Crippen MR) is 105 cm³/mol. The second-order valence-corrected chi connectivity index (χ2v) is 6.28. The first-order valence-corrected chi connectivity index (χ1v) is 8.48. The zero-order valence-corrected chi connectivity index (χ0v) is 14.0. The van der Waals surface area contributed by atoms with Gasteiger partial charge in [0, 0.05) is 5.56 Å². The van der Waals surface area contributed by atoms with Crippen molar-refractivity contribution in [2.75, 3.05) is 0 Å². The van der Waals surface area contributed by atoms with E-state index < -0.39 is 0 Å². The molecule has 0 atom stereocenters. The van der Waals surface area contributed by atoms with E-state index in [2.05, 4.69) is 80.6 Å². The molecule has 5 aromatic rings. The predicted octanol–water partition coefficient (Wildman–Crippen LogP) is 5.29. The van der Waals surface area contributed by atoms with Crippen molar-refractivity contribution >= 4 is 10.8 Å². The van der Waals surface area contributed by atoms with Crippen LogP contribution in [0.3, 0.4) is 0 Å². The summed E-state index contributed by atoms with van der Waals surface area (Å²) in [6.07, 6.45) is 7.08. The molecule has 0 amide bonds. The van der Waals surface area contributed by atoms with Crippen molar-refractivity contribution in [3.8, 4) is 33.6 Å². The van der Waals surface area contributed by atoms with Gasteiger partial charge in [0.05, 0.1) is 36.4 Å². The number of nitrogens with zero attached hydrogens (tertiary/aromatic N) is 2. The third-order valence-corrected chi connectivity index (χ3v) is 4.68. The van der Waals surface area contributed by atoms with E-state index in [0.717, 1.165) is 22.5 Å². The second-order valence-electron chi connectivity index (χ2n) is 6.28. The smallest absolute Gasteiger partial charge is 0.0924 e. The van der Waals surface area contributed by atoms with E-state index in [1.165, 1.54) is 21.9 Å². The Labute approximate surface area is 150 Å². The molecule has 0 radical (unpaired) electrons. The monoisotopic (exact) mass is 336 g/mol. The molecule has 0 bridgehead atoms. The van der Waals surface area contributed by atoms with Crippen LogP contribution in [-0.2, 0) is 0 Å². The van der Waals surface area contributed by atoms with Gasteiger partial charge in [-0.25, -0.2) is 9.97 Å². The van der Waals surface area contributed by atoms with Crippen LogP contribution in [0.15, 0.2) is 85.7 Å². The lowest BCUT2D eigenvalue weighted by molar-refractivity contribution is 1.31. The largest absolute Gasteiger partial charge is 0.345 e. The Hall–Kier alpha value is -3.66. The summed E-state index contributed by atoms with van der Waals surface area (Å²) < 4.78 is 0. The molecule has 0 saturated carbocycles. The molecule has 5 rings (SSSR count). The van der Waals surface area contributed by atoms with E-state index >= 15 is 0 Å². The van der Waals surface area contributed by atoms with E-state index in [4.69, 9.17) is 0 Å². The quantitative estimate of drug-likeness (QED) is 0.470. The van der Waals surface area contributed by atoms with Crippen molar-refractivity contribution in [2.45, 2.75) is 0 Å². The van der Waals surface area contributed by atoms with Gasteiger partial charge in [-0.1, -0.05) is 48.5 Å². The minimum absolute atomic E-state index is 1.03. The SMILES string of the molecule is c1ncc(-c2ccc(-c3ccc4cc(-c5cnc[nH]5)ccc4c3)cc2)[nH]1. The van der Waals surface area contributed by atoms with Gasteiger partial charge in [-0.2, -0.15) is 0 Å². The van der Waals surface area contributed by atoms with Crippen LogP contribution in [0.2, 0.25) is 0 Å². The highest BCUT2D eigenvalue weighted by molar-refractivity contribution is 5.90. The first-order chi connectivity index (χ1) is 12.9. The standard InChI is InChI=1S/C22H16N4/c1-3-16(21-11-23-13-25-21)4-2-15(1)17-5-6-19-10-20(8-7-18(19)9-17)22-12-24-14-26-22/h1-14H,(H,23,25)(H,24,26). The Morgan fingerprint density at radius 3 is 1.62 bits per heavy atom. The van der Waals surface area contributed by atoms with E-state index in [1.807, 2.05) is 12.4 Å². The summed E-state index contributed by atoms with van der Waals surface area (Å²) in [6.45, 7) is 0. The molecule has 0 unspecified atom stereocenters. The highest BCUT2D eigenvalue weighted by atomic mass is 14.9. The van der Waals surface area contributed by atoms with Gasteiger partial charge in [-0.05, 0) is 39.6 Å². The maximum Gasteiger partial charge on any atom is 0.0924 e. The Morgan fingerprint density at radius 2 is 1.00 bits per heavy atom. The molecule has 0 aliphatic carbocycles. The lowest BCUT2D eigenvalue weighted by Crippen LogP contribution is -1.83. The van der Waals surface area contributed by atoms with Crippen molar-refractivity contribution in [3.63, 3.8) is 0 Å². The van der Waals surface area contributed by atoms with Crippen LogP contribution in [-0.4, -0.2) is 19.9 Å². The molecule has 2 aromatic heterocycles. The summed E-state index contributed by atoms with van der Waals surface area (Å²) in [4.78, 5) is 14.5. The van der Waals surface area contributed by atoms with Gasteiger partial charge in [0.25, 0.3) is 0 Å². The van der Waals surface area contributed by atoms with Crippen LogP contribution in [0.4, 0.5) is 0 Å². The van der Waals surface area contributed by atoms with Crippen LogP contribution >= 0.6 is 0 Å². The fraction of sp³-hybridized carbons (Fsp3) is 0. The fourth-order valence-electron chi connectivity index (χ4n) is 3.26. The van der Waals surface area contributed by atoms with Gasteiger partial charge < -0.3 is 9.97 Å². The average Bonchev–Trinajstić information content (AvgIpc) is 3.41. The highest BCUT2D eigenvalue weighted by Gasteiger charge is 2.04. The minimum Gasteiger partial charge on any atom is -0.345 e. The number of aromatic amines is 2. The fourth-order valence-corrected chi connectivity index (χ4v) is 3.26. The Morgan fingerprint density at radius 1 is 0.500 bits per heavy atom. The summed E-state index contributed by atoms with van der Waals surface area (Å²) in [5.74, 6) is 0. The van der Waals surface area contributed by atoms with Gasteiger partial charge in [0.15, 0.2) is 0 Å². The molecular formula is C22H16N4. The second kappa shape index (κ2) is 6.01. The number of H-pyrrole nitrogens is 2. The third-order valence-electron chi connectivity index (χ3n) is 4.68. The Bertz CT molecular complexity index is 1150. The number of rotatable bonds is 3. The molecule has 124 valence electrons. The van der Waals surface area contributed by atoms with Crippen LogP contribution in [0.1, 0.15) is 0 Å². The van der Waals surface area contributed by atoms with Gasteiger partial charge in [-0.3, -0.25) is 0 Å². The molecule has 2 N–H and O–H groups in total. The van der Waals surface area contributed by atoms with Gasteiger partial charge in [0.2, 0.25) is 0 Å². The summed E-state index contributed by atoms with van der Waals surface area (Å²) in [6, 6.07) is 21.6. The lowest BCUT2D eigenvalue weighted by Gasteiger charge is -2.07. The maximum atomic E-state index is 4.10. The number of hydrogen-bond acceptors (Lipinski definition) is 2. The molecule has 26 heavy (non-hydrogen) atoms. The molecule has 0 spiro atoms. The zero-order chi connectivity index (χ0) is 17.3. The van der Waals surface area contributed by atoms with Gasteiger partial charge in [0.1, 0.15) is 0 Å². The summed E-state index contributed by atoms with van der Waals surface area (Å²) in [7, 11) is 0. The molecule has 3 aromatic carbocycles. The van der Waals surface area contributed by atoms with Crippen molar-refractivity contribution in [3.05, 3.63) is 85.7 Å². The summed E-state index contributed by atoms with van der Waals surface area (Å²) in [5, 5.41) is 2.44. The molecule has 0 saturated heterocycles. The molecule has 2 heterocycles. The Kier molecular flexibility index (Phi) is 3.39. The van der Waals surface area contributed by atoms with Crippen molar-refractivity contribution < 1.29 is 0 Å². The van der Waals surface area contributed by atoms with Crippen LogP contribution < -0.4 is 0 Å². The van der Waals surface area contributed by atoms with E-state index in [1.54, 1.807) is 12.7 Å². The topological polar surface area (TPSA) is 57.4 Å². The normalized spacial score (nSPS) is 11.1. The molecule has 0 aliphatic rings. The van der Waals surface area contributed by atoms with Crippen molar-refractivity contribution in [1.82, 2.24) is 19.9 Å². The number of benzene rings is 3. The highest BCUT2D eigenvalue weighted by Crippen LogP contribution is 2.29. The third kappa shape index (κ3) is 2.58. The van der Waals surface area contributed by atoms with Crippen LogP contribution in [0.25, 0.3) is 44.4 Å². The summed E-state index contributed by atoms with van der Waals surface area (Å²) in [5.41, 5.74) is 6.76. The minimum atomic E-state index is 1.03. The molecule has 0 fully saturated rings. The molecular weight excluding hydrogens is 320 g/mol.